The second kappa shape index (κ2) is 3.53. The Morgan fingerprint density at radius 2 is 2.12 bits per heavy atom. The number of hydrogen-bond donors (Lipinski definition) is 0. The average molecular weight is 113 g/mol. The Hall–Kier alpha value is -0.460. The highest BCUT2D eigenvalue weighted by molar-refractivity contribution is 4.66. The van der Waals surface area contributed by atoms with Crippen LogP contribution in [0.2, 0.25) is 0 Å². The lowest BCUT2D eigenvalue weighted by Crippen LogP contribution is -2.16. The summed E-state index contributed by atoms with van der Waals surface area (Å²) in [5.74, 6) is 0.734. The van der Waals surface area contributed by atoms with E-state index in [4.69, 9.17) is 0 Å². The lowest BCUT2D eigenvalue weighted by atomic mass is 10.2. The fourth-order valence-corrected chi connectivity index (χ4v) is 0.651. The highest BCUT2D eigenvalue weighted by Crippen LogP contribution is 1.93. The Balaban J connectivity index is 3.23. The van der Waals surface area contributed by atoms with E-state index in [1.165, 1.54) is 0 Å². The largest absolute Gasteiger partial charge is 0.381 e. The fraction of sp³-hybridized carbons (Fsp3) is 0.714. The third-order valence-corrected chi connectivity index (χ3v) is 0.965. The van der Waals surface area contributed by atoms with E-state index >= 15 is 0 Å². The van der Waals surface area contributed by atoms with Crippen LogP contribution in [0.5, 0.6) is 0 Å². The maximum absolute atomic E-state index is 3.64. The molecule has 0 rings (SSSR count). The molecule has 0 aliphatic rings. The molecule has 0 fully saturated rings. The maximum Gasteiger partial charge on any atom is 0.0192 e. The smallest absolute Gasteiger partial charge is 0.0192 e. The third kappa shape index (κ3) is 3.72. The standard InChI is InChI=1S/C7H15N/c1-5-8(4)6-7(2)3/h5,7H,1,6H2,2-4H3. The molecule has 0 saturated heterocycles. The van der Waals surface area contributed by atoms with Gasteiger partial charge >= 0.3 is 0 Å². The van der Waals surface area contributed by atoms with E-state index in [1.807, 2.05) is 13.2 Å². The van der Waals surface area contributed by atoms with E-state index in [2.05, 4.69) is 25.3 Å². The summed E-state index contributed by atoms with van der Waals surface area (Å²) in [5.41, 5.74) is 0. The highest BCUT2D eigenvalue weighted by Gasteiger charge is 1.93. The summed E-state index contributed by atoms with van der Waals surface area (Å²) in [6, 6.07) is 0. The molecule has 0 saturated carbocycles. The molecule has 1 nitrogen and oxygen atoms in total. The van der Waals surface area contributed by atoms with Gasteiger partial charge in [-0.25, -0.2) is 0 Å². The first-order valence-corrected chi connectivity index (χ1v) is 2.99. The van der Waals surface area contributed by atoms with E-state index in [0.717, 1.165) is 12.5 Å². The zero-order valence-corrected chi connectivity index (χ0v) is 6.02. The predicted octanol–water partition coefficient (Wildman–Crippen LogP) is 1.72. The van der Waals surface area contributed by atoms with Gasteiger partial charge in [0.1, 0.15) is 0 Å². The molecule has 1 heteroatoms. The Morgan fingerprint density at radius 3 is 2.25 bits per heavy atom. The molecule has 0 aromatic carbocycles. The van der Waals surface area contributed by atoms with Crippen molar-refractivity contribution in [1.29, 1.82) is 0 Å². The second-order valence-electron chi connectivity index (χ2n) is 2.52. The van der Waals surface area contributed by atoms with Gasteiger partial charge in [-0.2, -0.15) is 0 Å². The van der Waals surface area contributed by atoms with Crippen LogP contribution in [0.15, 0.2) is 12.8 Å². The van der Waals surface area contributed by atoms with Crippen molar-refractivity contribution < 1.29 is 0 Å². The molecule has 0 aromatic rings. The van der Waals surface area contributed by atoms with Crippen molar-refractivity contribution in [3.63, 3.8) is 0 Å². The molecule has 0 atom stereocenters. The van der Waals surface area contributed by atoms with Crippen LogP contribution in [0.4, 0.5) is 0 Å². The Morgan fingerprint density at radius 1 is 1.62 bits per heavy atom. The first-order valence-electron chi connectivity index (χ1n) is 2.99. The third-order valence-electron chi connectivity index (χ3n) is 0.965. The molecule has 0 spiro atoms. The topological polar surface area (TPSA) is 3.24 Å². The van der Waals surface area contributed by atoms with Crippen molar-refractivity contribution in [2.24, 2.45) is 5.92 Å². The van der Waals surface area contributed by atoms with Crippen molar-refractivity contribution in [1.82, 2.24) is 4.90 Å². The maximum atomic E-state index is 3.64. The van der Waals surface area contributed by atoms with Crippen LogP contribution in [0.1, 0.15) is 13.8 Å². The summed E-state index contributed by atoms with van der Waals surface area (Å²) in [6.07, 6.45) is 1.85. The normalized spacial score (nSPS) is 9.50. The molecule has 0 N–H and O–H groups in total. The van der Waals surface area contributed by atoms with Gasteiger partial charge in [-0.3, -0.25) is 0 Å². The quantitative estimate of drug-likeness (QED) is 0.538. The molecule has 0 aromatic heterocycles. The first kappa shape index (κ1) is 7.54. The fourth-order valence-electron chi connectivity index (χ4n) is 0.651. The first-order chi connectivity index (χ1) is 3.66. The molecule has 0 unspecified atom stereocenters. The molecular weight excluding hydrogens is 98.1 g/mol. The van der Waals surface area contributed by atoms with E-state index in [9.17, 15) is 0 Å². The van der Waals surface area contributed by atoms with Crippen molar-refractivity contribution in [2.45, 2.75) is 13.8 Å². The summed E-state index contributed by atoms with van der Waals surface area (Å²) < 4.78 is 0. The minimum absolute atomic E-state index is 0.734. The van der Waals surface area contributed by atoms with Crippen LogP contribution in [-0.4, -0.2) is 18.5 Å². The number of hydrogen-bond acceptors (Lipinski definition) is 1. The molecule has 8 heavy (non-hydrogen) atoms. The van der Waals surface area contributed by atoms with Crippen LogP contribution in [-0.2, 0) is 0 Å². The monoisotopic (exact) mass is 113 g/mol. The van der Waals surface area contributed by atoms with Gasteiger partial charge in [-0.1, -0.05) is 20.4 Å². The molecule has 0 aliphatic heterocycles. The molecular formula is C7H15N. The zero-order chi connectivity index (χ0) is 6.57. The van der Waals surface area contributed by atoms with Gasteiger partial charge in [0.05, 0.1) is 0 Å². The molecule has 0 radical (unpaired) electrons. The van der Waals surface area contributed by atoms with Crippen LogP contribution >= 0.6 is 0 Å². The summed E-state index contributed by atoms with van der Waals surface area (Å²) in [5, 5.41) is 0. The highest BCUT2D eigenvalue weighted by atomic mass is 15.1. The Kier molecular flexibility index (Phi) is 3.33. The van der Waals surface area contributed by atoms with Crippen LogP contribution < -0.4 is 0 Å². The lowest BCUT2D eigenvalue weighted by Gasteiger charge is -2.14. The lowest BCUT2D eigenvalue weighted by molar-refractivity contribution is 0.391. The minimum Gasteiger partial charge on any atom is -0.381 e. The molecule has 48 valence electrons. The molecule has 0 bridgehead atoms. The van der Waals surface area contributed by atoms with Gasteiger partial charge in [-0.15, -0.1) is 0 Å². The van der Waals surface area contributed by atoms with Gasteiger partial charge in [-0.05, 0) is 12.1 Å². The van der Waals surface area contributed by atoms with Gasteiger partial charge < -0.3 is 4.90 Å². The predicted molar refractivity (Wildman–Crippen MR) is 37.7 cm³/mol. The van der Waals surface area contributed by atoms with E-state index in [1.54, 1.807) is 0 Å². The average Bonchev–Trinajstić information content (AvgIpc) is 1.65. The van der Waals surface area contributed by atoms with E-state index < -0.39 is 0 Å². The van der Waals surface area contributed by atoms with Crippen LogP contribution in [0.25, 0.3) is 0 Å². The summed E-state index contributed by atoms with van der Waals surface area (Å²) in [4.78, 5) is 2.09. The Labute approximate surface area is 52.0 Å². The number of rotatable bonds is 3. The van der Waals surface area contributed by atoms with Crippen molar-refractivity contribution in [3.05, 3.63) is 12.8 Å². The zero-order valence-electron chi connectivity index (χ0n) is 6.02. The minimum atomic E-state index is 0.734. The Bertz CT molecular complexity index is 66.8. The summed E-state index contributed by atoms with van der Waals surface area (Å²) in [7, 11) is 2.03. The van der Waals surface area contributed by atoms with Crippen molar-refractivity contribution in [3.8, 4) is 0 Å². The molecule has 0 amide bonds. The van der Waals surface area contributed by atoms with Gasteiger partial charge in [0, 0.05) is 13.6 Å². The SMILES string of the molecule is C=CN(C)CC(C)C. The van der Waals surface area contributed by atoms with Crippen LogP contribution in [0, 0.1) is 5.92 Å². The molecule has 0 heterocycles. The van der Waals surface area contributed by atoms with E-state index in [-0.39, 0.29) is 0 Å². The van der Waals surface area contributed by atoms with Gasteiger partial charge in [0.25, 0.3) is 0 Å². The summed E-state index contributed by atoms with van der Waals surface area (Å²) in [6.45, 7) is 9.13. The van der Waals surface area contributed by atoms with Gasteiger partial charge in [0.2, 0.25) is 0 Å². The number of nitrogens with zero attached hydrogens (tertiary/aromatic N) is 1. The second-order valence-corrected chi connectivity index (χ2v) is 2.52. The van der Waals surface area contributed by atoms with Gasteiger partial charge in [0.15, 0.2) is 0 Å². The van der Waals surface area contributed by atoms with Crippen LogP contribution in [0.3, 0.4) is 0 Å². The molecule has 0 aliphatic carbocycles. The van der Waals surface area contributed by atoms with Crippen molar-refractivity contribution >= 4 is 0 Å². The van der Waals surface area contributed by atoms with Crippen molar-refractivity contribution in [2.75, 3.05) is 13.6 Å². The summed E-state index contributed by atoms with van der Waals surface area (Å²) >= 11 is 0. The van der Waals surface area contributed by atoms with E-state index in [0.29, 0.717) is 0 Å².